The number of anilines is 1. The van der Waals surface area contributed by atoms with Gasteiger partial charge in [0.15, 0.2) is 0 Å². The summed E-state index contributed by atoms with van der Waals surface area (Å²) in [5.74, 6) is -0.0320. The molecule has 2 heterocycles. The van der Waals surface area contributed by atoms with E-state index in [4.69, 9.17) is 11.6 Å². The first-order chi connectivity index (χ1) is 18.8. The van der Waals surface area contributed by atoms with E-state index >= 15 is 0 Å². The zero-order chi connectivity index (χ0) is 27.6. The maximum absolute atomic E-state index is 13.6. The molecule has 1 aliphatic carbocycles. The van der Waals surface area contributed by atoms with Gasteiger partial charge >= 0.3 is 0 Å². The van der Waals surface area contributed by atoms with Crippen molar-refractivity contribution in [2.75, 3.05) is 25.0 Å². The second kappa shape index (κ2) is 11.4. The van der Waals surface area contributed by atoms with Gasteiger partial charge in [0.2, 0.25) is 5.91 Å². The monoisotopic (exact) mass is 544 g/mol. The molecule has 1 aliphatic heterocycles. The van der Waals surface area contributed by atoms with Gasteiger partial charge in [-0.05, 0) is 93.0 Å². The average Bonchev–Trinajstić information content (AvgIpc) is 2.97. The van der Waals surface area contributed by atoms with Crippen molar-refractivity contribution < 1.29 is 9.59 Å². The van der Waals surface area contributed by atoms with Gasteiger partial charge < -0.3 is 15.1 Å². The minimum atomic E-state index is -0.783. The Morgan fingerprint density at radius 1 is 1.03 bits per heavy atom. The Morgan fingerprint density at radius 3 is 2.46 bits per heavy atom. The number of aryl methyl sites for hydroxylation is 1. The minimum Gasteiger partial charge on any atom is -0.371 e. The molecule has 2 amide bonds. The summed E-state index contributed by atoms with van der Waals surface area (Å²) in [7, 11) is 1.92. The van der Waals surface area contributed by atoms with Gasteiger partial charge in [-0.3, -0.25) is 14.6 Å². The van der Waals surface area contributed by atoms with Crippen LogP contribution in [0.3, 0.4) is 0 Å². The van der Waals surface area contributed by atoms with Crippen LogP contribution in [0.5, 0.6) is 0 Å². The van der Waals surface area contributed by atoms with Crippen LogP contribution < -0.4 is 10.2 Å². The summed E-state index contributed by atoms with van der Waals surface area (Å²) in [6.07, 6.45) is 8.28. The van der Waals surface area contributed by atoms with E-state index in [1.807, 2.05) is 86.7 Å². The van der Waals surface area contributed by atoms with Gasteiger partial charge in [-0.1, -0.05) is 35.9 Å². The summed E-state index contributed by atoms with van der Waals surface area (Å²) in [6.45, 7) is 5.63. The molecule has 39 heavy (non-hydrogen) atoms. The molecule has 2 aromatic carbocycles. The summed E-state index contributed by atoms with van der Waals surface area (Å²) >= 11 is 6.44. The SMILES string of the molecule is CN(C(=O)c1ccc2c(c1)C(NC(=O)C(C)(C)c1ccccc1Cl)CCC2)C1CCN(c2ccncc2)CC1. The molecule has 1 atom stereocenters. The molecule has 3 aromatic rings. The summed E-state index contributed by atoms with van der Waals surface area (Å²) in [4.78, 5) is 35.5. The van der Waals surface area contributed by atoms with Crippen LogP contribution in [0, 0.1) is 0 Å². The molecule has 0 radical (unpaired) electrons. The van der Waals surface area contributed by atoms with Crippen LogP contribution in [0.4, 0.5) is 5.69 Å². The number of pyridine rings is 1. The van der Waals surface area contributed by atoms with Crippen molar-refractivity contribution in [1.29, 1.82) is 0 Å². The van der Waals surface area contributed by atoms with Crippen LogP contribution in [0.25, 0.3) is 0 Å². The lowest BCUT2D eigenvalue weighted by molar-refractivity contribution is -0.126. The molecule has 204 valence electrons. The molecule has 1 unspecified atom stereocenters. The van der Waals surface area contributed by atoms with Crippen molar-refractivity contribution in [3.8, 4) is 0 Å². The van der Waals surface area contributed by atoms with Crippen molar-refractivity contribution >= 4 is 29.1 Å². The molecular weight excluding hydrogens is 508 g/mol. The number of nitrogens with zero attached hydrogens (tertiary/aromatic N) is 3. The lowest BCUT2D eigenvalue weighted by Gasteiger charge is -2.38. The van der Waals surface area contributed by atoms with Crippen molar-refractivity contribution in [3.05, 3.63) is 94.3 Å². The number of hydrogen-bond acceptors (Lipinski definition) is 4. The van der Waals surface area contributed by atoms with Gasteiger partial charge in [0, 0.05) is 54.8 Å². The van der Waals surface area contributed by atoms with E-state index in [2.05, 4.69) is 21.3 Å². The molecule has 1 aromatic heterocycles. The number of hydrogen-bond donors (Lipinski definition) is 1. The van der Waals surface area contributed by atoms with Gasteiger partial charge in [0.1, 0.15) is 0 Å². The highest BCUT2D eigenvalue weighted by Crippen LogP contribution is 2.35. The van der Waals surface area contributed by atoms with E-state index in [0.717, 1.165) is 56.3 Å². The third-order valence-corrected chi connectivity index (χ3v) is 8.82. The van der Waals surface area contributed by atoms with Crippen LogP contribution in [0.15, 0.2) is 67.0 Å². The van der Waals surface area contributed by atoms with Gasteiger partial charge in [-0.25, -0.2) is 0 Å². The van der Waals surface area contributed by atoms with E-state index in [9.17, 15) is 9.59 Å². The second-order valence-electron chi connectivity index (χ2n) is 11.3. The zero-order valence-corrected chi connectivity index (χ0v) is 23.7. The Kier molecular flexibility index (Phi) is 7.94. The molecule has 5 rings (SSSR count). The Hall–Kier alpha value is -3.38. The molecule has 0 spiro atoms. The van der Waals surface area contributed by atoms with Crippen LogP contribution in [0.1, 0.15) is 72.6 Å². The lowest BCUT2D eigenvalue weighted by Crippen LogP contribution is -2.45. The summed E-state index contributed by atoms with van der Waals surface area (Å²) in [5, 5.41) is 3.88. The largest absolute Gasteiger partial charge is 0.371 e. The molecule has 6 nitrogen and oxygen atoms in total. The van der Waals surface area contributed by atoms with Crippen LogP contribution in [0.2, 0.25) is 5.02 Å². The standard InChI is InChI=1S/C32H37ClN4O2/c1-32(2,27-8-4-5-9-28(27)33)31(39)35-29-10-6-7-22-11-12-23(21-26(22)29)30(38)36(3)24-15-19-37(20-16-24)25-13-17-34-18-14-25/h4-5,8-9,11-14,17-18,21,24,29H,6-7,10,15-16,19-20H2,1-3H3,(H,35,39). The number of aromatic nitrogens is 1. The first-order valence-corrected chi connectivity index (χ1v) is 14.2. The molecule has 0 bridgehead atoms. The van der Waals surface area contributed by atoms with Crippen molar-refractivity contribution in [1.82, 2.24) is 15.2 Å². The number of benzene rings is 2. The highest BCUT2D eigenvalue weighted by molar-refractivity contribution is 6.31. The van der Waals surface area contributed by atoms with Gasteiger partial charge in [0.25, 0.3) is 5.91 Å². The Labute approximate surface area is 236 Å². The topological polar surface area (TPSA) is 65.5 Å². The summed E-state index contributed by atoms with van der Waals surface area (Å²) < 4.78 is 0. The first-order valence-electron chi connectivity index (χ1n) is 13.9. The van der Waals surface area contributed by atoms with Gasteiger partial charge in [-0.15, -0.1) is 0 Å². The number of nitrogens with one attached hydrogen (secondary N) is 1. The molecular formula is C32H37ClN4O2. The van der Waals surface area contributed by atoms with Crippen LogP contribution in [-0.2, 0) is 16.6 Å². The van der Waals surface area contributed by atoms with Crippen molar-refractivity contribution in [2.24, 2.45) is 0 Å². The lowest BCUT2D eigenvalue weighted by atomic mass is 9.81. The summed E-state index contributed by atoms with van der Waals surface area (Å²) in [5.41, 5.74) is 4.13. The van der Waals surface area contributed by atoms with Crippen molar-refractivity contribution in [3.63, 3.8) is 0 Å². The Balaban J connectivity index is 1.28. The van der Waals surface area contributed by atoms with E-state index in [1.165, 1.54) is 11.3 Å². The molecule has 7 heteroatoms. The predicted molar refractivity (Wildman–Crippen MR) is 156 cm³/mol. The van der Waals surface area contributed by atoms with Crippen LogP contribution in [-0.4, -0.2) is 47.9 Å². The quantitative estimate of drug-likeness (QED) is 0.416. The minimum absolute atomic E-state index is 0.0345. The van der Waals surface area contributed by atoms with Gasteiger partial charge in [-0.2, -0.15) is 0 Å². The third kappa shape index (κ3) is 5.67. The second-order valence-corrected chi connectivity index (χ2v) is 11.7. The molecule has 0 saturated carbocycles. The molecule has 1 N–H and O–H groups in total. The number of halogens is 1. The smallest absolute Gasteiger partial charge is 0.253 e. The third-order valence-electron chi connectivity index (χ3n) is 8.49. The number of fused-ring (bicyclic) bond motifs is 1. The van der Waals surface area contributed by atoms with E-state index in [-0.39, 0.29) is 23.9 Å². The molecule has 1 fully saturated rings. The Bertz CT molecular complexity index is 1340. The maximum Gasteiger partial charge on any atom is 0.253 e. The average molecular weight is 545 g/mol. The number of amides is 2. The van der Waals surface area contributed by atoms with E-state index in [1.54, 1.807) is 0 Å². The zero-order valence-electron chi connectivity index (χ0n) is 23.0. The number of piperidine rings is 1. The number of rotatable bonds is 6. The molecule has 2 aliphatic rings. The van der Waals surface area contributed by atoms with E-state index in [0.29, 0.717) is 10.6 Å². The number of carbonyl (C=O) groups is 2. The van der Waals surface area contributed by atoms with Gasteiger partial charge in [0.05, 0.1) is 11.5 Å². The van der Waals surface area contributed by atoms with Crippen molar-refractivity contribution in [2.45, 2.75) is 63.5 Å². The fourth-order valence-corrected chi connectivity index (χ4v) is 6.32. The Morgan fingerprint density at radius 2 is 1.74 bits per heavy atom. The fraction of sp³-hybridized carbons (Fsp3) is 0.406. The summed E-state index contributed by atoms with van der Waals surface area (Å²) in [6, 6.07) is 17.7. The first kappa shape index (κ1) is 27.2. The number of carbonyl (C=O) groups excluding carboxylic acids is 2. The van der Waals surface area contributed by atoms with E-state index < -0.39 is 5.41 Å². The maximum atomic E-state index is 13.6. The molecule has 1 saturated heterocycles. The fourth-order valence-electron chi connectivity index (χ4n) is 5.95. The van der Waals surface area contributed by atoms with Crippen LogP contribution >= 0.6 is 11.6 Å². The highest BCUT2D eigenvalue weighted by atomic mass is 35.5. The highest BCUT2D eigenvalue weighted by Gasteiger charge is 2.34. The normalized spacial score (nSPS) is 17.8. The predicted octanol–water partition coefficient (Wildman–Crippen LogP) is 5.95.